The van der Waals surface area contributed by atoms with Crippen molar-refractivity contribution in [2.45, 2.75) is 18.4 Å². The van der Waals surface area contributed by atoms with Crippen LogP contribution in [-0.4, -0.2) is 25.2 Å². The molecule has 17 heavy (non-hydrogen) atoms. The predicted molar refractivity (Wildman–Crippen MR) is 66.7 cm³/mol. The summed E-state index contributed by atoms with van der Waals surface area (Å²) in [6.07, 6.45) is 1.96. The number of para-hydroxylation sites is 1. The van der Waals surface area contributed by atoms with E-state index in [9.17, 15) is 4.79 Å². The number of ether oxygens (including phenoxy) is 2. The molecule has 0 amide bonds. The SMILES string of the molecule is COC(=O)c1ccccc1OCC1(N)CC1.Cl. The maximum atomic E-state index is 11.4. The number of methoxy groups -OCH3 is 1. The Morgan fingerprint density at radius 2 is 2.06 bits per heavy atom. The van der Waals surface area contributed by atoms with Crippen LogP contribution in [0.3, 0.4) is 0 Å². The van der Waals surface area contributed by atoms with Crippen molar-refractivity contribution >= 4 is 18.4 Å². The van der Waals surface area contributed by atoms with Crippen LogP contribution in [0.25, 0.3) is 0 Å². The van der Waals surface area contributed by atoms with E-state index in [0.717, 1.165) is 12.8 Å². The molecule has 0 atom stereocenters. The third-order valence-electron chi connectivity index (χ3n) is 2.70. The monoisotopic (exact) mass is 257 g/mol. The van der Waals surface area contributed by atoms with Gasteiger partial charge in [-0.05, 0) is 25.0 Å². The molecule has 1 fully saturated rings. The Hall–Kier alpha value is -1.26. The van der Waals surface area contributed by atoms with Gasteiger partial charge in [-0.3, -0.25) is 0 Å². The van der Waals surface area contributed by atoms with Crippen molar-refractivity contribution in [1.29, 1.82) is 0 Å². The standard InChI is InChI=1S/C12H15NO3.ClH/c1-15-11(14)9-4-2-3-5-10(9)16-8-12(13)6-7-12;/h2-5H,6-8,13H2,1H3;1H. The van der Waals surface area contributed by atoms with E-state index in [2.05, 4.69) is 4.74 Å². The summed E-state index contributed by atoms with van der Waals surface area (Å²) in [6, 6.07) is 7.02. The van der Waals surface area contributed by atoms with Gasteiger partial charge in [0.1, 0.15) is 17.9 Å². The highest BCUT2D eigenvalue weighted by Crippen LogP contribution is 2.33. The number of carbonyl (C=O) groups excluding carboxylic acids is 1. The molecule has 0 saturated heterocycles. The molecule has 1 saturated carbocycles. The molecule has 2 rings (SSSR count). The van der Waals surface area contributed by atoms with Gasteiger partial charge < -0.3 is 15.2 Å². The highest BCUT2D eigenvalue weighted by Gasteiger charge is 2.39. The zero-order chi connectivity index (χ0) is 11.6. The third kappa shape index (κ3) is 3.35. The smallest absolute Gasteiger partial charge is 0.341 e. The lowest BCUT2D eigenvalue weighted by atomic mass is 10.2. The van der Waals surface area contributed by atoms with E-state index < -0.39 is 5.97 Å². The first-order valence-electron chi connectivity index (χ1n) is 5.24. The van der Waals surface area contributed by atoms with Crippen molar-refractivity contribution < 1.29 is 14.3 Å². The number of hydrogen-bond donors (Lipinski definition) is 1. The fraction of sp³-hybridized carbons (Fsp3) is 0.417. The molecule has 0 bridgehead atoms. The highest BCUT2D eigenvalue weighted by atomic mass is 35.5. The van der Waals surface area contributed by atoms with Gasteiger partial charge in [0.2, 0.25) is 0 Å². The van der Waals surface area contributed by atoms with Crippen molar-refractivity contribution in [2.75, 3.05) is 13.7 Å². The molecule has 0 aromatic heterocycles. The van der Waals surface area contributed by atoms with Crippen LogP contribution in [0.15, 0.2) is 24.3 Å². The average Bonchev–Trinajstić information content (AvgIpc) is 3.05. The summed E-state index contributed by atoms with van der Waals surface area (Å²) in [5.41, 5.74) is 6.16. The maximum Gasteiger partial charge on any atom is 0.341 e. The van der Waals surface area contributed by atoms with Crippen molar-refractivity contribution in [3.05, 3.63) is 29.8 Å². The van der Waals surface area contributed by atoms with Crippen LogP contribution in [0.2, 0.25) is 0 Å². The minimum absolute atomic E-state index is 0. The van der Waals surface area contributed by atoms with Crippen LogP contribution in [-0.2, 0) is 4.74 Å². The normalized spacial score (nSPS) is 15.6. The average molecular weight is 258 g/mol. The first-order chi connectivity index (χ1) is 7.64. The lowest BCUT2D eigenvalue weighted by Crippen LogP contribution is -2.30. The van der Waals surface area contributed by atoms with Gasteiger partial charge in [0.15, 0.2) is 0 Å². The van der Waals surface area contributed by atoms with E-state index in [0.29, 0.717) is 17.9 Å². The molecule has 0 unspecified atom stereocenters. The molecule has 0 heterocycles. The van der Waals surface area contributed by atoms with Crippen LogP contribution in [0.1, 0.15) is 23.2 Å². The Morgan fingerprint density at radius 3 is 2.65 bits per heavy atom. The van der Waals surface area contributed by atoms with Crippen molar-refractivity contribution in [3.8, 4) is 5.75 Å². The lowest BCUT2D eigenvalue weighted by Gasteiger charge is -2.13. The van der Waals surface area contributed by atoms with Crippen molar-refractivity contribution in [3.63, 3.8) is 0 Å². The van der Waals surface area contributed by atoms with Gasteiger partial charge in [-0.1, -0.05) is 12.1 Å². The Labute approximate surface area is 106 Å². The fourth-order valence-electron chi connectivity index (χ4n) is 1.40. The van der Waals surface area contributed by atoms with E-state index in [1.54, 1.807) is 18.2 Å². The number of hydrogen-bond acceptors (Lipinski definition) is 4. The quantitative estimate of drug-likeness (QED) is 0.835. The summed E-state index contributed by atoms with van der Waals surface area (Å²) in [7, 11) is 1.35. The summed E-state index contributed by atoms with van der Waals surface area (Å²) < 4.78 is 10.2. The zero-order valence-corrected chi connectivity index (χ0v) is 10.5. The van der Waals surface area contributed by atoms with E-state index >= 15 is 0 Å². The fourth-order valence-corrected chi connectivity index (χ4v) is 1.40. The molecule has 5 heteroatoms. The first-order valence-corrected chi connectivity index (χ1v) is 5.24. The summed E-state index contributed by atoms with van der Waals surface area (Å²) >= 11 is 0. The van der Waals surface area contributed by atoms with Crippen LogP contribution in [0, 0.1) is 0 Å². The van der Waals surface area contributed by atoms with Crippen LogP contribution in [0.5, 0.6) is 5.75 Å². The number of benzene rings is 1. The predicted octanol–water partition coefficient (Wildman–Crippen LogP) is 1.77. The number of nitrogens with two attached hydrogens (primary N) is 1. The second-order valence-corrected chi connectivity index (χ2v) is 4.14. The molecule has 1 aliphatic rings. The lowest BCUT2D eigenvalue weighted by molar-refractivity contribution is 0.0595. The minimum atomic E-state index is -0.391. The van der Waals surface area contributed by atoms with Crippen LogP contribution < -0.4 is 10.5 Å². The Kier molecular flexibility index (Phi) is 4.37. The Balaban J connectivity index is 0.00000144. The zero-order valence-electron chi connectivity index (χ0n) is 9.64. The summed E-state index contributed by atoms with van der Waals surface area (Å²) in [4.78, 5) is 11.4. The number of carbonyl (C=O) groups is 1. The van der Waals surface area contributed by atoms with Crippen molar-refractivity contribution in [1.82, 2.24) is 0 Å². The molecule has 94 valence electrons. The van der Waals surface area contributed by atoms with Gasteiger partial charge in [0, 0.05) is 0 Å². The Bertz CT molecular complexity index is 404. The minimum Gasteiger partial charge on any atom is -0.491 e. The molecule has 0 spiro atoms. The summed E-state index contributed by atoms with van der Waals surface area (Å²) in [5, 5.41) is 0. The van der Waals surface area contributed by atoms with Crippen molar-refractivity contribution in [2.24, 2.45) is 5.73 Å². The molecular formula is C12H16ClNO3. The molecule has 1 aromatic carbocycles. The maximum absolute atomic E-state index is 11.4. The van der Waals surface area contributed by atoms with Gasteiger partial charge in [-0.2, -0.15) is 0 Å². The van der Waals surface area contributed by atoms with E-state index in [1.807, 2.05) is 6.07 Å². The van der Waals surface area contributed by atoms with E-state index in [4.69, 9.17) is 10.5 Å². The summed E-state index contributed by atoms with van der Waals surface area (Å²) in [5.74, 6) is 0.142. The van der Waals surface area contributed by atoms with Gasteiger partial charge in [-0.15, -0.1) is 12.4 Å². The molecule has 4 nitrogen and oxygen atoms in total. The Morgan fingerprint density at radius 1 is 1.41 bits per heavy atom. The topological polar surface area (TPSA) is 61.5 Å². The molecule has 1 aliphatic carbocycles. The van der Waals surface area contributed by atoms with E-state index in [-0.39, 0.29) is 17.9 Å². The number of halogens is 1. The molecular weight excluding hydrogens is 242 g/mol. The molecule has 1 aromatic rings. The number of esters is 1. The molecule has 2 N–H and O–H groups in total. The van der Waals surface area contributed by atoms with Gasteiger partial charge >= 0.3 is 5.97 Å². The molecule has 0 aliphatic heterocycles. The van der Waals surface area contributed by atoms with Crippen LogP contribution >= 0.6 is 12.4 Å². The van der Waals surface area contributed by atoms with Crippen LogP contribution in [0.4, 0.5) is 0 Å². The first kappa shape index (κ1) is 13.8. The molecule has 0 radical (unpaired) electrons. The van der Waals surface area contributed by atoms with Gasteiger partial charge in [-0.25, -0.2) is 4.79 Å². The van der Waals surface area contributed by atoms with Gasteiger partial charge in [0.05, 0.1) is 12.6 Å². The largest absolute Gasteiger partial charge is 0.491 e. The van der Waals surface area contributed by atoms with E-state index in [1.165, 1.54) is 7.11 Å². The second-order valence-electron chi connectivity index (χ2n) is 4.14. The summed E-state index contributed by atoms with van der Waals surface area (Å²) in [6.45, 7) is 0.445. The number of rotatable bonds is 4. The highest BCUT2D eigenvalue weighted by molar-refractivity contribution is 5.92. The second kappa shape index (κ2) is 5.38. The third-order valence-corrected chi connectivity index (χ3v) is 2.70. The van der Waals surface area contributed by atoms with Gasteiger partial charge in [0.25, 0.3) is 0 Å².